The fraction of sp³-hybridized carbons (Fsp3) is 0.357. The van der Waals surface area contributed by atoms with Crippen LogP contribution in [0.25, 0.3) is 0 Å². The zero-order chi connectivity index (χ0) is 17.9. The Morgan fingerprint density at radius 3 is 2.62 bits per heavy atom. The molecule has 0 heterocycles. The quantitative estimate of drug-likeness (QED) is 0.470. The highest BCUT2D eigenvalue weighted by molar-refractivity contribution is 6.31. The second-order valence-electron chi connectivity index (χ2n) is 5.20. The van der Waals surface area contributed by atoms with Crippen molar-refractivity contribution in [1.82, 2.24) is 10.6 Å². The van der Waals surface area contributed by atoms with Gasteiger partial charge < -0.3 is 10.1 Å². The molecule has 0 aliphatic heterocycles. The highest BCUT2D eigenvalue weighted by Crippen LogP contribution is 2.24. The van der Waals surface area contributed by atoms with Crippen LogP contribution in [0.4, 0.5) is 10.5 Å². The second kappa shape index (κ2) is 7.26. The van der Waals surface area contributed by atoms with E-state index in [0.717, 1.165) is 25.0 Å². The average molecular weight is 356 g/mol. The summed E-state index contributed by atoms with van der Waals surface area (Å²) in [5.41, 5.74) is -0.877. The van der Waals surface area contributed by atoms with Crippen molar-refractivity contribution in [3.8, 4) is 0 Å². The molecular weight excluding hydrogens is 342 g/mol. The number of hydrogen-bond donors (Lipinski definition) is 2. The Kier molecular flexibility index (Phi) is 5.35. The van der Waals surface area contributed by atoms with Gasteiger partial charge in [-0.15, -0.1) is 0 Å². The van der Waals surface area contributed by atoms with Crippen LogP contribution in [-0.2, 0) is 9.53 Å². The van der Waals surface area contributed by atoms with E-state index in [1.165, 1.54) is 13.0 Å². The van der Waals surface area contributed by atoms with Crippen molar-refractivity contribution < 1.29 is 24.0 Å². The van der Waals surface area contributed by atoms with Crippen LogP contribution < -0.4 is 10.6 Å². The number of halogens is 1. The average Bonchev–Trinajstić information content (AvgIpc) is 3.30. The second-order valence-corrected chi connectivity index (χ2v) is 5.64. The fourth-order valence-electron chi connectivity index (χ4n) is 1.77. The minimum Gasteiger partial charge on any atom is -0.449 e. The third kappa shape index (κ3) is 4.66. The first-order valence-corrected chi connectivity index (χ1v) is 7.42. The minimum atomic E-state index is -1.31. The highest BCUT2D eigenvalue weighted by atomic mass is 35.5. The third-order valence-corrected chi connectivity index (χ3v) is 3.41. The number of imide groups is 1. The maximum atomic E-state index is 12.0. The normalized spacial score (nSPS) is 14.4. The number of nitrogens with one attached hydrogen (secondary N) is 2. The summed E-state index contributed by atoms with van der Waals surface area (Å²) in [6.45, 7) is 1.25. The topological polar surface area (TPSA) is 128 Å². The Hall–Kier alpha value is -2.68. The van der Waals surface area contributed by atoms with Gasteiger partial charge in [0.25, 0.3) is 11.6 Å². The molecule has 1 atom stereocenters. The van der Waals surface area contributed by atoms with E-state index < -0.39 is 34.6 Å². The lowest BCUT2D eigenvalue weighted by molar-refractivity contribution is -0.385. The molecule has 1 fully saturated rings. The predicted octanol–water partition coefficient (Wildman–Crippen LogP) is 1.78. The van der Waals surface area contributed by atoms with E-state index in [9.17, 15) is 24.5 Å². The van der Waals surface area contributed by atoms with Gasteiger partial charge in [-0.3, -0.25) is 20.2 Å². The van der Waals surface area contributed by atoms with E-state index in [4.69, 9.17) is 16.3 Å². The van der Waals surface area contributed by atoms with Gasteiger partial charge in [-0.2, -0.15) is 0 Å². The van der Waals surface area contributed by atoms with Crippen LogP contribution in [-0.4, -0.2) is 35.0 Å². The van der Waals surface area contributed by atoms with Crippen LogP contribution in [0, 0.1) is 10.1 Å². The number of esters is 1. The zero-order valence-corrected chi connectivity index (χ0v) is 13.3. The van der Waals surface area contributed by atoms with Crippen LogP contribution >= 0.6 is 11.6 Å². The smallest absolute Gasteiger partial charge is 0.345 e. The number of benzene rings is 1. The first kappa shape index (κ1) is 17.7. The molecule has 1 aromatic carbocycles. The van der Waals surface area contributed by atoms with E-state index in [1.807, 2.05) is 5.32 Å². The Morgan fingerprint density at radius 1 is 1.38 bits per heavy atom. The Labute approximate surface area is 141 Å². The molecule has 1 unspecified atom stereocenters. The van der Waals surface area contributed by atoms with Gasteiger partial charge >= 0.3 is 12.0 Å². The van der Waals surface area contributed by atoms with Crippen LogP contribution in [0.1, 0.15) is 30.1 Å². The summed E-state index contributed by atoms with van der Waals surface area (Å²) >= 11 is 5.66. The number of nitrogens with zero attached hydrogens (tertiary/aromatic N) is 1. The monoisotopic (exact) mass is 355 g/mol. The molecule has 2 rings (SSSR count). The molecule has 2 N–H and O–H groups in total. The summed E-state index contributed by atoms with van der Waals surface area (Å²) in [7, 11) is 0. The molecule has 1 saturated carbocycles. The number of carbonyl (C=O) groups is 3. The number of carbonyl (C=O) groups excluding carboxylic acids is 3. The van der Waals surface area contributed by atoms with Gasteiger partial charge in [-0.25, -0.2) is 9.59 Å². The summed E-state index contributed by atoms with van der Waals surface area (Å²) in [5.74, 6) is -1.90. The summed E-state index contributed by atoms with van der Waals surface area (Å²) in [6.07, 6.45) is 0.399. The van der Waals surface area contributed by atoms with Crippen LogP contribution in [0.3, 0.4) is 0 Å². The summed E-state index contributed by atoms with van der Waals surface area (Å²) < 4.78 is 4.87. The summed E-state index contributed by atoms with van der Waals surface area (Å²) in [6, 6.07) is 2.81. The maximum absolute atomic E-state index is 12.0. The Balaban J connectivity index is 1.99. The van der Waals surface area contributed by atoms with Crippen LogP contribution in [0.15, 0.2) is 18.2 Å². The number of urea groups is 1. The number of ether oxygens (including phenoxy) is 1. The largest absolute Gasteiger partial charge is 0.449 e. The van der Waals surface area contributed by atoms with Gasteiger partial charge in [0.15, 0.2) is 6.10 Å². The van der Waals surface area contributed by atoms with Gasteiger partial charge in [0.2, 0.25) is 0 Å². The lowest BCUT2D eigenvalue weighted by Gasteiger charge is -2.13. The van der Waals surface area contributed by atoms with Crippen molar-refractivity contribution >= 4 is 35.2 Å². The lowest BCUT2D eigenvalue weighted by atomic mass is 10.2. The van der Waals surface area contributed by atoms with Crippen molar-refractivity contribution in [2.24, 2.45) is 0 Å². The molecule has 3 amide bonds. The number of nitro groups is 1. The molecular formula is C14H14ClN3O6. The molecule has 0 radical (unpaired) electrons. The van der Waals surface area contributed by atoms with Crippen molar-refractivity contribution in [3.05, 3.63) is 38.9 Å². The molecule has 24 heavy (non-hydrogen) atoms. The molecule has 10 heteroatoms. The van der Waals surface area contributed by atoms with Crippen LogP contribution in [0.2, 0.25) is 5.02 Å². The lowest BCUT2D eigenvalue weighted by Crippen LogP contribution is -2.45. The van der Waals surface area contributed by atoms with Gasteiger partial charge in [-0.1, -0.05) is 11.6 Å². The van der Waals surface area contributed by atoms with Crippen molar-refractivity contribution in [2.75, 3.05) is 0 Å². The molecule has 1 aliphatic rings. The Bertz CT molecular complexity index is 704. The highest BCUT2D eigenvalue weighted by Gasteiger charge is 2.28. The molecule has 0 spiro atoms. The fourth-order valence-corrected chi connectivity index (χ4v) is 1.94. The maximum Gasteiger partial charge on any atom is 0.345 e. The molecule has 1 aromatic rings. The number of hydrogen-bond acceptors (Lipinski definition) is 6. The van der Waals surface area contributed by atoms with Gasteiger partial charge in [0.05, 0.1) is 4.92 Å². The molecule has 0 saturated heterocycles. The standard InChI is InChI=1S/C14H14ClN3O6/c1-7(12(19)17-14(21)16-9-3-4-9)24-13(20)10-5-2-8(15)6-11(10)18(22)23/h2,5-7,9H,3-4H2,1H3,(H2,16,17,19,21). The van der Waals surface area contributed by atoms with Gasteiger partial charge in [0, 0.05) is 17.1 Å². The predicted molar refractivity (Wildman–Crippen MR) is 82.7 cm³/mol. The Morgan fingerprint density at radius 2 is 2.04 bits per heavy atom. The van der Waals surface area contributed by atoms with E-state index in [0.29, 0.717) is 0 Å². The van der Waals surface area contributed by atoms with Crippen molar-refractivity contribution in [2.45, 2.75) is 31.9 Å². The van der Waals surface area contributed by atoms with E-state index in [1.54, 1.807) is 0 Å². The van der Waals surface area contributed by atoms with E-state index in [-0.39, 0.29) is 16.6 Å². The van der Waals surface area contributed by atoms with Gasteiger partial charge in [-0.05, 0) is 31.9 Å². The minimum absolute atomic E-state index is 0.0624. The molecule has 1 aliphatic carbocycles. The first-order chi connectivity index (χ1) is 11.3. The third-order valence-electron chi connectivity index (χ3n) is 3.18. The summed E-state index contributed by atoms with van der Waals surface area (Å²) in [4.78, 5) is 45.4. The number of nitro benzene ring substituents is 1. The molecule has 0 bridgehead atoms. The van der Waals surface area contributed by atoms with Crippen molar-refractivity contribution in [3.63, 3.8) is 0 Å². The summed E-state index contributed by atoms with van der Waals surface area (Å²) in [5, 5.41) is 15.6. The van der Waals surface area contributed by atoms with E-state index >= 15 is 0 Å². The molecule has 9 nitrogen and oxygen atoms in total. The van der Waals surface area contributed by atoms with Crippen LogP contribution in [0.5, 0.6) is 0 Å². The first-order valence-electron chi connectivity index (χ1n) is 7.04. The van der Waals surface area contributed by atoms with E-state index in [2.05, 4.69) is 5.32 Å². The molecule has 0 aromatic heterocycles. The van der Waals surface area contributed by atoms with Crippen molar-refractivity contribution in [1.29, 1.82) is 0 Å². The number of amides is 3. The SMILES string of the molecule is CC(OC(=O)c1ccc(Cl)cc1[N+](=O)[O-])C(=O)NC(=O)NC1CC1. The van der Waals surface area contributed by atoms with Gasteiger partial charge in [0.1, 0.15) is 5.56 Å². The molecule has 128 valence electrons. The number of rotatable bonds is 5. The zero-order valence-electron chi connectivity index (χ0n) is 12.6.